The fourth-order valence-electron chi connectivity index (χ4n) is 1.27. The van der Waals surface area contributed by atoms with Crippen LogP contribution in [0.5, 0.6) is 0 Å². The van der Waals surface area contributed by atoms with Gasteiger partial charge in [-0.25, -0.2) is 0 Å². The monoisotopic (exact) mass is 322 g/mol. The summed E-state index contributed by atoms with van der Waals surface area (Å²) < 4.78 is 4.72. The van der Waals surface area contributed by atoms with E-state index in [2.05, 4.69) is 53.2 Å². The summed E-state index contributed by atoms with van der Waals surface area (Å²) in [5.74, 6) is 3.22. The van der Waals surface area contributed by atoms with E-state index in [9.17, 15) is 0 Å². The van der Waals surface area contributed by atoms with Gasteiger partial charge >= 0.3 is 107 Å². The molecule has 0 nitrogen and oxygen atoms in total. The maximum absolute atomic E-state index is 3.32. The summed E-state index contributed by atoms with van der Waals surface area (Å²) >= 11 is -0.353. The van der Waals surface area contributed by atoms with Crippen LogP contribution in [-0.4, -0.2) is 20.9 Å². The van der Waals surface area contributed by atoms with Gasteiger partial charge in [-0.2, -0.15) is 0 Å². The third-order valence-electron chi connectivity index (χ3n) is 2.16. The van der Waals surface area contributed by atoms with E-state index in [1.165, 1.54) is 9.17 Å². The van der Waals surface area contributed by atoms with E-state index in [0.717, 1.165) is 5.56 Å². The molecule has 0 radical (unpaired) electrons. The molecular formula is C15H12Te. The fourth-order valence-corrected chi connectivity index (χ4v) is 2.87. The quantitative estimate of drug-likeness (QED) is 0.559. The Kier molecular flexibility index (Phi) is 4.06. The molecule has 2 rings (SSSR count). The maximum atomic E-state index is 3.32. The minimum atomic E-state index is -0.353. The van der Waals surface area contributed by atoms with E-state index in [-0.39, 0.29) is 20.9 Å². The second-order valence-electron chi connectivity index (χ2n) is 3.51. The molecule has 0 aliphatic carbocycles. The van der Waals surface area contributed by atoms with Crippen LogP contribution in [0.25, 0.3) is 0 Å². The minimum absolute atomic E-state index is 0.353. The van der Waals surface area contributed by atoms with Gasteiger partial charge < -0.3 is 0 Å². The van der Waals surface area contributed by atoms with Crippen molar-refractivity contribution in [2.75, 3.05) is 0 Å². The topological polar surface area (TPSA) is 0 Å². The zero-order valence-electron chi connectivity index (χ0n) is 9.10. The number of hydrogen-bond acceptors (Lipinski definition) is 0. The summed E-state index contributed by atoms with van der Waals surface area (Å²) in [6.07, 6.45) is 0. The van der Waals surface area contributed by atoms with Crippen LogP contribution < -0.4 is 3.61 Å². The molecule has 0 fully saturated rings. The predicted octanol–water partition coefficient (Wildman–Crippen LogP) is 2.33. The molecular weight excluding hydrogens is 308 g/mol. The van der Waals surface area contributed by atoms with Crippen molar-refractivity contribution in [3.05, 3.63) is 65.7 Å². The molecule has 0 atom stereocenters. The Balaban J connectivity index is 2.03. The second-order valence-corrected chi connectivity index (χ2v) is 6.02. The zero-order chi connectivity index (χ0) is 11.2. The summed E-state index contributed by atoms with van der Waals surface area (Å²) in [5.41, 5.74) is 2.42. The first-order chi connectivity index (χ1) is 7.84. The van der Waals surface area contributed by atoms with Crippen LogP contribution in [0.15, 0.2) is 54.6 Å². The molecule has 0 amide bonds. The van der Waals surface area contributed by atoms with Crippen LogP contribution in [0.1, 0.15) is 11.1 Å². The Morgan fingerprint density at radius 3 is 2.25 bits per heavy atom. The van der Waals surface area contributed by atoms with Crippen LogP contribution in [0.4, 0.5) is 0 Å². The first kappa shape index (κ1) is 11.3. The molecule has 0 aliphatic heterocycles. The molecule has 16 heavy (non-hydrogen) atoms. The molecule has 0 saturated carbocycles. The van der Waals surface area contributed by atoms with Gasteiger partial charge in [0.15, 0.2) is 0 Å². The molecule has 0 spiro atoms. The van der Waals surface area contributed by atoms with E-state index in [1.54, 1.807) is 0 Å². The van der Waals surface area contributed by atoms with Crippen molar-refractivity contribution in [1.82, 2.24) is 0 Å². The van der Waals surface area contributed by atoms with Crippen molar-refractivity contribution in [3.8, 4) is 9.89 Å². The van der Waals surface area contributed by atoms with Crippen LogP contribution in [0.2, 0.25) is 0 Å². The normalized spacial score (nSPS) is 9.31. The van der Waals surface area contributed by atoms with Gasteiger partial charge in [0.25, 0.3) is 0 Å². The molecule has 1 heteroatoms. The van der Waals surface area contributed by atoms with E-state index in [0.29, 0.717) is 0 Å². The van der Waals surface area contributed by atoms with Crippen molar-refractivity contribution in [2.24, 2.45) is 0 Å². The Morgan fingerprint density at radius 1 is 0.875 bits per heavy atom. The molecule has 0 saturated heterocycles. The van der Waals surface area contributed by atoms with Crippen molar-refractivity contribution in [3.63, 3.8) is 0 Å². The van der Waals surface area contributed by atoms with E-state index >= 15 is 0 Å². The van der Waals surface area contributed by atoms with Gasteiger partial charge in [0.2, 0.25) is 0 Å². The molecule has 0 heterocycles. The van der Waals surface area contributed by atoms with Gasteiger partial charge in [-0.3, -0.25) is 0 Å². The zero-order valence-corrected chi connectivity index (χ0v) is 11.4. The van der Waals surface area contributed by atoms with Crippen molar-refractivity contribution >= 4 is 24.5 Å². The van der Waals surface area contributed by atoms with E-state index in [1.807, 2.05) is 18.2 Å². The number of aryl methyl sites for hydroxylation is 1. The number of hydrogen-bond donors (Lipinski definition) is 0. The Morgan fingerprint density at radius 2 is 1.56 bits per heavy atom. The molecule has 2 aromatic rings. The predicted molar refractivity (Wildman–Crippen MR) is 69.9 cm³/mol. The van der Waals surface area contributed by atoms with Crippen LogP contribution in [-0.2, 0) is 0 Å². The SMILES string of the molecule is Cc1ccc([Te]C#Cc2ccccc2)cc1. The van der Waals surface area contributed by atoms with E-state index < -0.39 is 0 Å². The van der Waals surface area contributed by atoms with Crippen molar-refractivity contribution < 1.29 is 0 Å². The van der Waals surface area contributed by atoms with Crippen molar-refractivity contribution in [2.45, 2.75) is 6.92 Å². The van der Waals surface area contributed by atoms with E-state index in [4.69, 9.17) is 0 Å². The van der Waals surface area contributed by atoms with Gasteiger partial charge in [-0.1, -0.05) is 0 Å². The Bertz CT molecular complexity index is 501. The van der Waals surface area contributed by atoms with Crippen LogP contribution >= 0.6 is 0 Å². The molecule has 2 aromatic carbocycles. The summed E-state index contributed by atoms with van der Waals surface area (Å²) in [5, 5.41) is 0. The third-order valence-corrected chi connectivity index (χ3v) is 4.19. The van der Waals surface area contributed by atoms with Crippen LogP contribution in [0, 0.1) is 16.8 Å². The van der Waals surface area contributed by atoms with Crippen molar-refractivity contribution in [1.29, 1.82) is 0 Å². The van der Waals surface area contributed by atoms with Gasteiger partial charge in [-0.15, -0.1) is 0 Å². The van der Waals surface area contributed by atoms with Gasteiger partial charge in [0.1, 0.15) is 0 Å². The van der Waals surface area contributed by atoms with Gasteiger partial charge in [0, 0.05) is 0 Å². The molecule has 78 valence electrons. The Labute approximate surface area is 107 Å². The molecule has 0 aliphatic rings. The summed E-state index contributed by atoms with van der Waals surface area (Å²) in [6.45, 7) is 2.11. The molecule has 0 bridgehead atoms. The average Bonchev–Trinajstić information content (AvgIpc) is 2.33. The number of rotatable bonds is 1. The molecule has 0 unspecified atom stereocenters. The van der Waals surface area contributed by atoms with Crippen LogP contribution in [0.3, 0.4) is 0 Å². The second kappa shape index (κ2) is 5.76. The standard InChI is InChI=1S/C15H12Te/c1-13-7-9-15(10-8-13)16-12-11-14-5-3-2-4-6-14/h2-10H,1H3. The summed E-state index contributed by atoms with van der Waals surface area (Å²) in [4.78, 5) is 0. The van der Waals surface area contributed by atoms with Gasteiger partial charge in [0.05, 0.1) is 0 Å². The van der Waals surface area contributed by atoms with Gasteiger partial charge in [-0.05, 0) is 0 Å². The number of benzene rings is 2. The summed E-state index contributed by atoms with van der Waals surface area (Å²) in [6, 6.07) is 18.9. The average molecular weight is 320 g/mol. The fraction of sp³-hybridized carbons (Fsp3) is 0.0667. The molecule has 0 N–H and O–H groups in total. The molecule has 0 aromatic heterocycles. The summed E-state index contributed by atoms with van der Waals surface area (Å²) in [7, 11) is 0. The third kappa shape index (κ3) is 3.42. The Hall–Kier alpha value is -1.21. The first-order valence-corrected chi connectivity index (χ1v) is 7.47. The first-order valence-electron chi connectivity index (χ1n) is 5.14.